The van der Waals surface area contributed by atoms with E-state index in [1.165, 1.54) is 15.7 Å². The van der Waals surface area contributed by atoms with Gasteiger partial charge in [0.2, 0.25) is 10.0 Å². The van der Waals surface area contributed by atoms with E-state index in [-0.39, 0.29) is 10.9 Å². The zero-order valence-corrected chi connectivity index (χ0v) is 13.9. The second kappa shape index (κ2) is 6.11. The average Bonchev–Trinajstić information content (AvgIpc) is 2.40. The first-order valence-electron chi connectivity index (χ1n) is 6.01. The third-order valence-corrected chi connectivity index (χ3v) is 4.58. The molecule has 0 radical (unpaired) electrons. The summed E-state index contributed by atoms with van der Waals surface area (Å²) in [6.45, 7) is 2.02. The summed E-state index contributed by atoms with van der Waals surface area (Å²) in [6, 6.07) is 14.7. The van der Waals surface area contributed by atoms with E-state index >= 15 is 0 Å². The fourth-order valence-corrected chi connectivity index (χ4v) is 2.70. The minimum atomic E-state index is -3.63. The fraction of sp³-hybridized carbons (Fsp3) is 0.143. The molecule has 0 bridgehead atoms. The topological polar surface area (TPSA) is 72.2 Å². The predicted octanol–water partition coefficient (Wildman–Crippen LogP) is 3.11. The van der Waals surface area contributed by atoms with Crippen molar-refractivity contribution in [2.75, 3.05) is 5.32 Å². The smallest absolute Gasteiger partial charge is 0.238 e. The summed E-state index contributed by atoms with van der Waals surface area (Å²) < 4.78 is 23.6. The van der Waals surface area contributed by atoms with Crippen LogP contribution in [0.25, 0.3) is 0 Å². The Labute approximate surface area is 132 Å². The number of rotatable bonds is 4. The lowest BCUT2D eigenvalue weighted by Crippen LogP contribution is -2.12. The van der Waals surface area contributed by atoms with Gasteiger partial charge in [-0.25, -0.2) is 13.6 Å². The first kappa shape index (κ1) is 15.3. The van der Waals surface area contributed by atoms with Crippen LogP contribution in [0.5, 0.6) is 0 Å². The van der Waals surface area contributed by atoms with Gasteiger partial charge in [-0.2, -0.15) is 0 Å². The van der Waals surface area contributed by atoms with Gasteiger partial charge in [0.1, 0.15) is 0 Å². The Morgan fingerprint density at radius 2 is 1.60 bits per heavy atom. The highest BCUT2D eigenvalue weighted by atomic mass is 127. The van der Waals surface area contributed by atoms with Crippen LogP contribution in [0.1, 0.15) is 18.5 Å². The van der Waals surface area contributed by atoms with E-state index in [1.807, 2.05) is 31.2 Å². The fourth-order valence-electron chi connectivity index (χ4n) is 1.83. The molecule has 0 heterocycles. The molecule has 4 nitrogen and oxygen atoms in total. The second-order valence-corrected chi connectivity index (χ2v) is 7.29. The summed E-state index contributed by atoms with van der Waals surface area (Å²) in [6.07, 6.45) is 0. The quantitative estimate of drug-likeness (QED) is 0.773. The van der Waals surface area contributed by atoms with Crippen LogP contribution in [0.15, 0.2) is 53.4 Å². The highest BCUT2D eigenvalue weighted by Gasteiger charge is 2.09. The number of halogens is 1. The molecular formula is C14H15IN2O2S. The molecule has 0 saturated carbocycles. The van der Waals surface area contributed by atoms with Crippen LogP contribution < -0.4 is 10.5 Å². The summed E-state index contributed by atoms with van der Waals surface area (Å²) in [7, 11) is -3.63. The maximum Gasteiger partial charge on any atom is 0.238 e. The van der Waals surface area contributed by atoms with Crippen molar-refractivity contribution in [3.63, 3.8) is 0 Å². The molecule has 106 valence electrons. The average molecular weight is 402 g/mol. The van der Waals surface area contributed by atoms with Crippen molar-refractivity contribution in [3.05, 3.63) is 57.7 Å². The SMILES string of the molecule is CC(Nc1ccc(I)cc1)c1ccc(S(N)(=O)=O)cc1. The number of hydrogen-bond acceptors (Lipinski definition) is 3. The standard InChI is InChI=1S/C14H15IN2O2S/c1-10(17-13-6-4-12(15)5-7-13)11-2-8-14(9-3-11)20(16,18)19/h2-10,17H,1H3,(H2,16,18,19). The number of nitrogens with one attached hydrogen (secondary N) is 1. The van der Waals surface area contributed by atoms with Crippen molar-refractivity contribution in [2.45, 2.75) is 17.9 Å². The van der Waals surface area contributed by atoms with E-state index in [0.717, 1.165) is 11.3 Å². The Morgan fingerprint density at radius 1 is 1.05 bits per heavy atom. The van der Waals surface area contributed by atoms with Gasteiger partial charge in [-0.05, 0) is 71.5 Å². The molecule has 0 aromatic heterocycles. The van der Waals surface area contributed by atoms with Gasteiger partial charge in [-0.1, -0.05) is 12.1 Å². The minimum Gasteiger partial charge on any atom is -0.379 e. The van der Waals surface area contributed by atoms with Gasteiger partial charge >= 0.3 is 0 Å². The van der Waals surface area contributed by atoms with Gasteiger partial charge in [-0.3, -0.25) is 0 Å². The molecule has 2 aromatic carbocycles. The molecule has 1 atom stereocenters. The first-order chi connectivity index (χ1) is 9.36. The normalized spacial score (nSPS) is 12.9. The molecule has 3 N–H and O–H groups in total. The van der Waals surface area contributed by atoms with E-state index < -0.39 is 10.0 Å². The molecule has 0 amide bonds. The second-order valence-electron chi connectivity index (χ2n) is 4.49. The summed E-state index contributed by atoms with van der Waals surface area (Å²) in [5.41, 5.74) is 2.02. The lowest BCUT2D eigenvalue weighted by Gasteiger charge is -2.16. The van der Waals surface area contributed by atoms with E-state index in [1.54, 1.807) is 12.1 Å². The third kappa shape index (κ3) is 3.94. The zero-order valence-electron chi connectivity index (χ0n) is 10.9. The highest BCUT2D eigenvalue weighted by molar-refractivity contribution is 14.1. The van der Waals surface area contributed by atoms with Gasteiger partial charge in [0.15, 0.2) is 0 Å². The van der Waals surface area contributed by atoms with Crippen molar-refractivity contribution in [1.82, 2.24) is 0 Å². The lowest BCUT2D eigenvalue weighted by molar-refractivity contribution is 0.597. The molecule has 0 saturated heterocycles. The number of primary sulfonamides is 1. The molecule has 0 fully saturated rings. The summed E-state index contributed by atoms with van der Waals surface area (Å²) >= 11 is 2.26. The molecule has 0 aliphatic rings. The largest absolute Gasteiger partial charge is 0.379 e. The van der Waals surface area contributed by atoms with Gasteiger partial charge in [0, 0.05) is 15.3 Å². The summed E-state index contributed by atoms with van der Waals surface area (Å²) in [4.78, 5) is 0.128. The van der Waals surface area contributed by atoms with Gasteiger partial charge in [0.25, 0.3) is 0 Å². The highest BCUT2D eigenvalue weighted by Crippen LogP contribution is 2.21. The number of benzene rings is 2. The van der Waals surface area contributed by atoms with Crippen LogP contribution >= 0.6 is 22.6 Å². The Morgan fingerprint density at radius 3 is 2.10 bits per heavy atom. The minimum absolute atomic E-state index is 0.0737. The van der Waals surface area contributed by atoms with Crippen molar-refractivity contribution < 1.29 is 8.42 Å². The Hall–Kier alpha value is -1.12. The zero-order chi connectivity index (χ0) is 14.8. The third-order valence-electron chi connectivity index (χ3n) is 2.94. The molecule has 20 heavy (non-hydrogen) atoms. The van der Waals surface area contributed by atoms with Crippen LogP contribution in [0.2, 0.25) is 0 Å². The van der Waals surface area contributed by atoms with Gasteiger partial charge < -0.3 is 5.32 Å². The number of anilines is 1. The van der Waals surface area contributed by atoms with Crippen molar-refractivity contribution >= 4 is 38.3 Å². The molecule has 6 heteroatoms. The Bertz CT molecular complexity index is 682. The van der Waals surface area contributed by atoms with Crippen LogP contribution in [0.3, 0.4) is 0 Å². The molecular weight excluding hydrogens is 387 g/mol. The predicted molar refractivity (Wildman–Crippen MR) is 89.0 cm³/mol. The molecule has 0 aliphatic heterocycles. The van der Waals surface area contributed by atoms with E-state index in [4.69, 9.17) is 5.14 Å². The van der Waals surface area contributed by atoms with Crippen LogP contribution in [0, 0.1) is 3.57 Å². The summed E-state index contributed by atoms with van der Waals surface area (Å²) in [5.74, 6) is 0. The van der Waals surface area contributed by atoms with E-state index in [0.29, 0.717) is 0 Å². The Balaban J connectivity index is 2.13. The monoisotopic (exact) mass is 402 g/mol. The maximum absolute atomic E-state index is 11.2. The molecule has 2 rings (SSSR count). The first-order valence-corrected chi connectivity index (χ1v) is 8.63. The van der Waals surface area contributed by atoms with Crippen molar-refractivity contribution in [3.8, 4) is 0 Å². The number of nitrogens with two attached hydrogens (primary N) is 1. The van der Waals surface area contributed by atoms with E-state index in [2.05, 4.69) is 27.9 Å². The van der Waals surface area contributed by atoms with E-state index in [9.17, 15) is 8.42 Å². The van der Waals surface area contributed by atoms with Crippen molar-refractivity contribution in [2.24, 2.45) is 5.14 Å². The van der Waals surface area contributed by atoms with Gasteiger partial charge in [-0.15, -0.1) is 0 Å². The molecule has 0 aliphatic carbocycles. The van der Waals surface area contributed by atoms with Crippen LogP contribution in [-0.2, 0) is 10.0 Å². The number of sulfonamides is 1. The van der Waals surface area contributed by atoms with Crippen molar-refractivity contribution in [1.29, 1.82) is 0 Å². The maximum atomic E-state index is 11.2. The van der Waals surface area contributed by atoms with Gasteiger partial charge in [0.05, 0.1) is 4.90 Å². The molecule has 2 aromatic rings. The number of hydrogen-bond donors (Lipinski definition) is 2. The van der Waals surface area contributed by atoms with Crippen LogP contribution in [-0.4, -0.2) is 8.42 Å². The summed E-state index contributed by atoms with van der Waals surface area (Å²) in [5, 5.41) is 8.44. The molecule has 0 spiro atoms. The molecule has 1 unspecified atom stereocenters. The van der Waals surface area contributed by atoms with Crippen LogP contribution in [0.4, 0.5) is 5.69 Å². The Kier molecular flexibility index (Phi) is 4.66. The lowest BCUT2D eigenvalue weighted by atomic mass is 10.1.